The summed E-state index contributed by atoms with van der Waals surface area (Å²) in [5.41, 5.74) is 0.382. The minimum Gasteiger partial charge on any atom is -0.492 e. The van der Waals surface area contributed by atoms with Gasteiger partial charge < -0.3 is 4.74 Å². The lowest BCUT2D eigenvalue weighted by Gasteiger charge is -2.08. The van der Waals surface area contributed by atoms with Crippen molar-refractivity contribution in [2.75, 3.05) is 6.61 Å². The number of carbonyl (C=O) groups is 1. The highest BCUT2D eigenvalue weighted by Crippen LogP contribution is 2.44. The summed E-state index contributed by atoms with van der Waals surface area (Å²) >= 11 is 0. The Labute approximate surface area is 88.3 Å². The monoisotopic (exact) mass is 201 g/mol. The molecule has 76 valence electrons. The standard InChI is InChI=1S/C12H11NO2/c13-8-12(5-6-12)9-15-11-3-1-10(7-14)2-4-11/h1-4,7H,5-6,9H2. The number of nitrogens with zero attached hydrogens (tertiary/aromatic N) is 1. The molecule has 1 aliphatic rings. The van der Waals surface area contributed by atoms with Gasteiger partial charge in [0.05, 0.1) is 11.5 Å². The third-order valence-corrected chi connectivity index (χ3v) is 2.62. The molecule has 1 aromatic carbocycles. The molecule has 1 aliphatic carbocycles. The molecule has 0 N–H and O–H groups in total. The zero-order valence-electron chi connectivity index (χ0n) is 8.27. The van der Waals surface area contributed by atoms with Crippen molar-refractivity contribution in [2.24, 2.45) is 5.41 Å². The summed E-state index contributed by atoms with van der Waals surface area (Å²) < 4.78 is 5.49. The fourth-order valence-corrected chi connectivity index (χ4v) is 1.30. The van der Waals surface area contributed by atoms with Gasteiger partial charge in [-0.2, -0.15) is 5.26 Å². The van der Waals surface area contributed by atoms with Crippen LogP contribution < -0.4 is 4.74 Å². The molecule has 1 saturated carbocycles. The van der Waals surface area contributed by atoms with Crippen LogP contribution in [0, 0.1) is 16.7 Å². The predicted molar refractivity (Wildman–Crippen MR) is 54.6 cm³/mol. The van der Waals surface area contributed by atoms with Gasteiger partial charge in [-0.1, -0.05) is 0 Å². The fraction of sp³-hybridized carbons (Fsp3) is 0.333. The van der Waals surface area contributed by atoms with Gasteiger partial charge in [0.1, 0.15) is 18.6 Å². The third-order valence-electron chi connectivity index (χ3n) is 2.62. The normalized spacial score (nSPS) is 16.5. The quantitative estimate of drug-likeness (QED) is 0.701. The molecule has 3 nitrogen and oxygen atoms in total. The molecule has 2 rings (SSSR count). The van der Waals surface area contributed by atoms with Gasteiger partial charge in [0, 0.05) is 5.56 Å². The number of benzene rings is 1. The van der Waals surface area contributed by atoms with Crippen molar-refractivity contribution in [2.45, 2.75) is 12.8 Å². The van der Waals surface area contributed by atoms with Crippen molar-refractivity contribution in [1.82, 2.24) is 0 Å². The Kier molecular flexibility index (Phi) is 2.42. The van der Waals surface area contributed by atoms with Crippen LogP contribution in [0.25, 0.3) is 0 Å². The van der Waals surface area contributed by atoms with Crippen LogP contribution in [0.5, 0.6) is 5.75 Å². The van der Waals surface area contributed by atoms with Gasteiger partial charge in [-0.25, -0.2) is 0 Å². The van der Waals surface area contributed by atoms with Crippen molar-refractivity contribution in [3.05, 3.63) is 29.8 Å². The SMILES string of the molecule is N#CC1(COc2ccc(C=O)cc2)CC1. The van der Waals surface area contributed by atoms with Gasteiger partial charge in [0.25, 0.3) is 0 Å². The highest BCUT2D eigenvalue weighted by atomic mass is 16.5. The second-order valence-corrected chi connectivity index (χ2v) is 3.87. The number of rotatable bonds is 4. The van der Waals surface area contributed by atoms with E-state index in [-0.39, 0.29) is 5.41 Å². The fourth-order valence-electron chi connectivity index (χ4n) is 1.30. The second-order valence-electron chi connectivity index (χ2n) is 3.87. The third kappa shape index (κ3) is 2.16. The van der Waals surface area contributed by atoms with Gasteiger partial charge in [-0.15, -0.1) is 0 Å². The number of ether oxygens (including phenoxy) is 1. The van der Waals surface area contributed by atoms with Gasteiger partial charge in [0.2, 0.25) is 0 Å². The zero-order valence-corrected chi connectivity index (χ0v) is 8.27. The Balaban J connectivity index is 1.94. The molecule has 0 radical (unpaired) electrons. The van der Waals surface area contributed by atoms with Gasteiger partial charge in [0.15, 0.2) is 0 Å². The van der Waals surface area contributed by atoms with Crippen molar-refractivity contribution >= 4 is 6.29 Å². The molecule has 0 heterocycles. The molecule has 0 amide bonds. The Hall–Kier alpha value is -1.82. The van der Waals surface area contributed by atoms with Crippen molar-refractivity contribution in [1.29, 1.82) is 5.26 Å². The van der Waals surface area contributed by atoms with Crippen LogP contribution in [0.15, 0.2) is 24.3 Å². The summed E-state index contributed by atoms with van der Waals surface area (Å²) in [6.07, 6.45) is 2.65. The Morgan fingerprint density at radius 2 is 2.07 bits per heavy atom. The maximum Gasteiger partial charge on any atom is 0.150 e. The first kappa shape index (κ1) is 9.72. The minimum atomic E-state index is -0.247. The summed E-state index contributed by atoms with van der Waals surface area (Å²) in [5, 5.41) is 8.84. The molecule has 0 bridgehead atoms. The van der Waals surface area contributed by atoms with Gasteiger partial charge in [-0.05, 0) is 37.1 Å². The molecule has 0 aromatic heterocycles. The topological polar surface area (TPSA) is 50.1 Å². The summed E-state index contributed by atoms with van der Waals surface area (Å²) in [5.74, 6) is 0.710. The zero-order chi connectivity index (χ0) is 10.7. The average molecular weight is 201 g/mol. The minimum absolute atomic E-state index is 0.247. The van der Waals surface area contributed by atoms with Crippen molar-refractivity contribution < 1.29 is 9.53 Å². The van der Waals surface area contributed by atoms with Gasteiger partial charge >= 0.3 is 0 Å². The van der Waals surface area contributed by atoms with Gasteiger partial charge in [-0.3, -0.25) is 4.79 Å². The van der Waals surface area contributed by atoms with E-state index in [1.54, 1.807) is 24.3 Å². The molecular weight excluding hydrogens is 190 g/mol. The maximum atomic E-state index is 10.4. The summed E-state index contributed by atoms with van der Waals surface area (Å²) in [7, 11) is 0. The van der Waals surface area contributed by atoms with E-state index < -0.39 is 0 Å². The molecule has 1 fully saturated rings. The first-order valence-electron chi connectivity index (χ1n) is 4.87. The van der Waals surface area contributed by atoms with Crippen LogP contribution in [0.2, 0.25) is 0 Å². The Bertz CT molecular complexity index is 399. The van der Waals surface area contributed by atoms with E-state index in [0.29, 0.717) is 17.9 Å². The van der Waals surface area contributed by atoms with Crippen LogP contribution in [0.3, 0.4) is 0 Å². The lowest BCUT2D eigenvalue weighted by molar-refractivity contribution is 0.112. The first-order chi connectivity index (χ1) is 7.28. The maximum absolute atomic E-state index is 10.4. The molecular formula is C12H11NO2. The molecule has 0 unspecified atom stereocenters. The van der Waals surface area contributed by atoms with Crippen molar-refractivity contribution in [3.8, 4) is 11.8 Å². The highest BCUT2D eigenvalue weighted by molar-refractivity contribution is 5.74. The van der Waals surface area contributed by atoms with E-state index in [1.807, 2.05) is 0 Å². The van der Waals surface area contributed by atoms with Crippen molar-refractivity contribution in [3.63, 3.8) is 0 Å². The largest absolute Gasteiger partial charge is 0.492 e. The van der Waals surface area contributed by atoms with E-state index in [0.717, 1.165) is 19.1 Å². The van der Waals surface area contributed by atoms with Crippen LogP contribution in [0.4, 0.5) is 0 Å². The lowest BCUT2D eigenvalue weighted by atomic mass is 10.1. The first-order valence-corrected chi connectivity index (χ1v) is 4.87. The molecule has 15 heavy (non-hydrogen) atoms. The van der Waals surface area contributed by atoms with E-state index in [4.69, 9.17) is 10.00 Å². The molecule has 1 aromatic rings. The molecule has 0 aliphatic heterocycles. The van der Waals surface area contributed by atoms with E-state index in [2.05, 4.69) is 6.07 Å². The number of hydrogen-bond acceptors (Lipinski definition) is 3. The Morgan fingerprint density at radius 1 is 1.40 bits per heavy atom. The average Bonchev–Trinajstić information content (AvgIpc) is 3.08. The number of carbonyl (C=O) groups excluding carboxylic acids is 1. The lowest BCUT2D eigenvalue weighted by Crippen LogP contribution is -2.10. The smallest absolute Gasteiger partial charge is 0.150 e. The number of aldehydes is 1. The van der Waals surface area contributed by atoms with Crippen LogP contribution in [-0.4, -0.2) is 12.9 Å². The molecule has 3 heteroatoms. The summed E-state index contributed by atoms with van der Waals surface area (Å²) in [6.45, 7) is 0.448. The second kappa shape index (κ2) is 3.74. The summed E-state index contributed by atoms with van der Waals surface area (Å²) in [6, 6.07) is 9.16. The summed E-state index contributed by atoms with van der Waals surface area (Å²) in [4.78, 5) is 10.4. The number of nitriles is 1. The van der Waals surface area contributed by atoms with E-state index in [9.17, 15) is 4.79 Å². The Morgan fingerprint density at radius 3 is 2.53 bits per heavy atom. The van der Waals surface area contributed by atoms with E-state index in [1.165, 1.54) is 0 Å². The molecule has 0 atom stereocenters. The van der Waals surface area contributed by atoms with E-state index >= 15 is 0 Å². The molecule has 0 saturated heterocycles. The highest BCUT2D eigenvalue weighted by Gasteiger charge is 2.44. The van der Waals surface area contributed by atoms with Crippen LogP contribution >= 0.6 is 0 Å². The van der Waals surface area contributed by atoms with Crippen LogP contribution in [0.1, 0.15) is 23.2 Å². The number of hydrogen-bond donors (Lipinski definition) is 0. The molecule has 0 spiro atoms. The van der Waals surface area contributed by atoms with Crippen LogP contribution in [-0.2, 0) is 0 Å². The predicted octanol–water partition coefficient (Wildman–Crippen LogP) is 2.18.